The maximum Gasteiger partial charge on any atom is 0.341 e. The Bertz CT molecular complexity index is 885. The van der Waals surface area contributed by atoms with Crippen LogP contribution in [0.3, 0.4) is 0 Å². The van der Waals surface area contributed by atoms with E-state index in [0.29, 0.717) is 13.0 Å². The van der Waals surface area contributed by atoms with E-state index in [0.717, 1.165) is 6.07 Å². The molecule has 1 aliphatic heterocycles. The van der Waals surface area contributed by atoms with E-state index in [4.69, 9.17) is 16.3 Å². The van der Waals surface area contributed by atoms with Crippen LogP contribution in [0.1, 0.15) is 29.3 Å². The molecule has 0 spiro atoms. The van der Waals surface area contributed by atoms with Crippen molar-refractivity contribution in [3.8, 4) is 11.5 Å². The first-order valence-electron chi connectivity index (χ1n) is 8.62. The predicted octanol–water partition coefficient (Wildman–Crippen LogP) is 2.60. The van der Waals surface area contributed by atoms with Crippen LogP contribution in [0, 0.1) is 0 Å². The highest BCUT2D eigenvalue weighted by Crippen LogP contribution is 2.37. The first kappa shape index (κ1) is 21.2. The van der Waals surface area contributed by atoms with Crippen molar-refractivity contribution in [1.29, 1.82) is 0 Å². The molecule has 0 fully saturated rings. The lowest BCUT2D eigenvalue weighted by atomic mass is 9.96. The van der Waals surface area contributed by atoms with Crippen LogP contribution in [-0.2, 0) is 20.7 Å². The SMILES string of the molecule is CCOC(=O)/C1=C/C=C/C=C/CCNC(=O)c2c(O)cc(O)c(Cl)c2CC1=O. The van der Waals surface area contributed by atoms with Gasteiger partial charge >= 0.3 is 5.97 Å². The Morgan fingerprint density at radius 2 is 1.96 bits per heavy atom. The predicted molar refractivity (Wildman–Crippen MR) is 103 cm³/mol. The van der Waals surface area contributed by atoms with Gasteiger partial charge in [-0.1, -0.05) is 35.9 Å². The smallest absolute Gasteiger partial charge is 0.341 e. The topological polar surface area (TPSA) is 113 Å². The normalized spacial score (nSPS) is 19.4. The summed E-state index contributed by atoms with van der Waals surface area (Å²) in [5, 5.41) is 22.4. The molecular formula is C20H20ClNO6. The van der Waals surface area contributed by atoms with Crippen LogP contribution in [0.4, 0.5) is 0 Å². The van der Waals surface area contributed by atoms with E-state index < -0.39 is 35.6 Å². The molecule has 0 bridgehead atoms. The largest absolute Gasteiger partial charge is 0.507 e. The molecule has 0 aliphatic carbocycles. The standard InChI is InChI=1S/C20H20ClNO6/c1-2-28-20(27)12-8-6-4-3-5-7-9-22-19(26)17-13(10-14(12)23)18(21)16(25)11-15(17)24/h3-6,8,11,24-25H,2,7,9-10H2,1H3,(H,22,26)/b5-3+,6-4+,12-8+. The summed E-state index contributed by atoms with van der Waals surface area (Å²) in [6.07, 6.45) is 8.00. The van der Waals surface area contributed by atoms with Gasteiger partial charge in [0.1, 0.15) is 17.1 Å². The lowest BCUT2D eigenvalue weighted by Gasteiger charge is -2.15. The number of ether oxygens (including phenoxy) is 1. The number of esters is 1. The number of carbonyl (C=O) groups excluding carboxylic acids is 3. The fourth-order valence-electron chi connectivity index (χ4n) is 2.59. The molecule has 0 saturated heterocycles. The molecule has 3 N–H and O–H groups in total. The van der Waals surface area contributed by atoms with Gasteiger partial charge in [-0.3, -0.25) is 9.59 Å². The molecule has 1 aromatic rings. The first-order valence-corrected chi connectivity index (χ1v) is 8.99. The van der Waals surface area contributed by atoms with Crippen molar-refractivity contribution in [3.05, 3.63) is 58.2 Å². The van der Waals surface area contributed by atoms with Gasteiger partial charge in [0, 0.05) is 19.0 Å². The number of phenols is 2. The Hall–Kier alpha value is -3.06. The Kier molecular flexibility index (Phi) is 7.40. The number of carbonyl (C=O) groups is 3. The van der Waals surface area contributed by atoms with Crippen LogP contribution in [-0.4, -0.2) is 41.0 Å². The molecule has 1 aromatic carbocycles. The van der Waals surface area contributed by atoms with E-state index in [-0.39, 0.29) is 28.3 Å². The van der Waals surface area contributed by atoms with Crippen molar-refractivity contribution in [2.45, 2.75) is 19.8 Å². The molecule has 1 aliphatic rings. The lowest BCUT2D eigenvalue weighted by molar-refractivity contribution is -0.139. The van der Waals surface area contributed by atoms with E-state index >= 15 is 0 Å². The molecule has 7 nitrogen and oxygen atoms in total. The minimum Gasteiger partial charge on any atom is -0.507 e. The third-order valence-corrected chi connectivity index (χ3v) is 4.32. The monoisotopic (exact) mass is 405 g/mol. The highest BCUT2D eigenvalue weighted by molar-refractivity contribution is 6.34. The third kappa shape index (κ3) is 5.01. The van der Waals surface area contributed by atoms with Crippen LogP contribution in [0.2, 0.25) is 5.02 Å². The maximum absolute atomic E-state index is 12.8. The lowest BCUT2D eigenvalue weighted by Crippen LogP contribution is -2.26. The van der Waals surface area contributed by atoms with Crippen molar-refractivity contribution >= 4 is 29.3 Å². The van der Waals surface area contributed by atoms with Crippen LogP contribution >= 0.6 is 11.6 Å². The number of Topliss-reactive ketones (excluding diaryl/α,β-unsaturated/α-hetero) is 1. The van der Waals surface area contributed by atoms with Crippen LogP contribution in [0.15, 0.2) is 42.0 Å². The summed E-state index contributed by atoms with van der Waals surface area (Å²) in [5.41, 5.74) is -0.543. The molecule has 0 saturated carbocycles. The van der Waals surface area contributed by atoms with Crippen LogP contribution in [0.25, 0.3) is 0 Å². The Balaban J connectivity index is 2.59. The molecule has 2 rings (SSSR count). The summed E-state index contributed by atoms with van der Waals surface area (Å²) < 4.78 is 4.92. The van der Waals surface area contributed by atoms with Gasteiger partial charge in [0.05, 0.1) is 17.2 Å². The quantitative estimate of drug-likeness (QED) is 0.515. The average molecular weight is 406 g/mol. The zero-order valence-corrected chi connectivity index (χ0v) is 16.0. The second-order valence-electron chi connectivity index (χ2n) is 5.84. The third-order valence-electron chi connectivity index (χ3n) is 3.90. The number of hydrogen-bond acceptors (Lipinski definition) is 6. The van der Waals surface area contributed by atoms with Crippen molar-refractivity contribution < 1.29 is 29.3 Å². The van der Waals surface area contributed by atoms with Gasteiger partial charge in [-0.2, -0.15) is 0 Å². The number of rotatable bonds is 2. The zero-order valence-electron chi connectivity index (χ0n) is 15.2. The molecular weight excluding hydrogens is 386 g/mol. The first-order chi connectivity index (χ1) is 13.4. The van der Waals surface area contributed by atoms with Gasteiger partial charge in [0.25, 0.3) is 5.91 Å². The van der Waals surface area contributed by atoms with E-state index in [9.17, 15) is 24.6 Å². The number of nitrogens with one attached hydrogen (secondary N) is 1. The summed E-state index contributed by atoms with van der Waals surface area (Å²) in [6.45, 7) is 1.98. The minimum atomic E-state index is -0.820. The Morgan fingerprint density at radius 3 is 2.68 bits per heavy atom. The van der Waals surface area contributed by atoms with Crippen molar-refractivity contribution in [3.63, 3.8) is 0 Å². The van der Waals surface area contributed by atoms with Gasteiger partial charge in [0.15, 0.2) is 5.78 Å². The molecule has 8 heteroatoms. The van der Waals surface area contributed by atoms with Crippen molar-refractivity contribution in [1.82, 2.24) is 5.32 Å². The average Bonchev–Trinajstić information content (AvgIpc) is 2.64. The summed E-state index contributed by atoms with van der Waals surface area (Å²) in [7, 11) is 0. The van der Waals surface area contributed by atoms with Gasteiger partial charge in [0.2, 0.25) is 0 Å². The summed E-state index contributed by atoms with van der Waals surface area (Å²) >= 11 is 6.10. The fourth-order valence-corrected chi connectivity index (χ4v) is 2.81. The van der Waals surface area contributed by atoms with Gasteiger partial charge in [-0.05, 0) is 25.0 Å². The number of phenolic OH excluding ortho intramolecular Hbond substituents is 2. The number of aromatic hydroxyl groups is 2. The number of hydrogen-bond donors (Lipinski definition) is 3. The summed E-state index contributed by atoms with van der Waals surface area (Å²) in [6, 6.07) is 0.930. The number of ketones is 1. The van der Waals surface area contributed by atoms with Gasteiger partial charge < -0.3 is 20.3 Å². The molecule has 148 valence electrons. The fraction of sp³-hybridized carbons (Fsp3) is 0.250. The van der Waals surface area contributed by atoms with E-state index in [1.165, 1.54) is 12.2 Å². The van der Waals surface area contributed by atoms with E-state index in [1.54, 1.807) is 25.2 Å². The zero-order chi connectivity index (χ0) is 20.7. The van der Waals surface area contributed by atoms with Gasteiger partial charge in [-0.25, -0.2) is 4.79 Å². The second kappa shape index (κ2) is 9.75. The van der Waals surface area contributed by atoms with Gasteiger partial charge in [-0.15, -0.1) is 0 Å². The van der Waals surface area contributed by atoms with E-state index in [2.05, 4.69) is 5.32 Å². The van der Waals surface area contributed by atoms with Crippen LogP contribution in [0.5, 0.6) is 11.5 Å². The molecule has 0 aromatic heterocycles. The van der Waals surface area contributed by atoms with Crippen molar-refractivity contribution in [2.75, 3.05) is 13.2 Å². The minimum absolute atomic E-state index is 0.0755. The Labute approximate surface area is 167 Å². The number of benzene rings is 1. The highest BCUT2D eigenvalue weighted by atomic mass is 35.5. The molecule has 0 radical (unpaired) electrons. The highest BCUT2D eigenvalue weighted by Gasteiger charge is 2.27. The molecule has 1 amide bonds. The second-order valence-corrected chi connectivity index (χ2v) is 6.22. The van der Waals surface area contributed by atoms with Crippen molar-refractivity contribution in [2.24, 2.45) is 0 Å². The van der Waals surface area contributed by atoms with Crippen LogP contribution < -0.4 is 5.32 Å². The molecule has 0 atom stereocenters. The number of fused-ring (bicyclic) bond motifs is 1. The molecule has 0 unspecified atom stereocenters. The Morgan fingerprint density at radius 1 is 1.21 bits per heavy atom. The molecule has 28 heavy (non-hydrogen) atoms. The number of amides is 1. The molecule has 1 heterocycles. The number of allylic oxidation sites excluding steroid dienone is 4. The summed E-state index contributed by atoms with van der Waals surface area (Å²) in [5.74, 6) is -3.15. The summed E-state index contributed by atoms with van der Waals surface area (Å²) in [4.78, 5) is 37.5. The maximum atomic E-state index is 12.8. The number of halogens is 1. The van der Waals surface area contributed by atoms with E-state index in [1.807, 2.05) is 0 Å².